The van der Waals surface area contributed by atoms with Crippen LogP contribution in [0.4, 0.5) is 29.3 Å². The van der Waals surface area contributed by atoms with Crippen LogP contribution >= 0.6 is 11.6 Å². The molecule has 108 valence electrons. The zero-order chi connectivity index (χ0) is 14.8. The van der Waals surface area contributed by atoms with E-state index < -0.39 is 23.2 Å². The van der Waals surface area contributed by atoms with Crippen LogP contribution < -0.4 is 5.32 Å². The summed E-state index contributed by atoms with van der Waals surface area (Å²) in [6.07, 6.45) is -4.26. The molecule has 1 aromatic heterocycles. The van der Waals surface area contributed by atoms with Gasteiger partial charge in [0.25, 0.3) is 0 Å². The highest BCUT2D eigenvalue weighted by atomic mass is 35.5. The summed E-state index contributed by atoms with van der Waals surface area (Å²) in [5.41, 5.74) is -1.39. The maximum Gasteiger partial charge on any atom is 0.416 e. The lowest BCUT2D eigenvalue weighted by atomic mass is 10.2. The Kier molecular flexibility index (Phi) is 4.12. The second-order valence-corrected chi connectivity index (χ2v) is 4.14. The molecule has 1 aromatic carbocycles. The number of nitrogens with one attached hydrogen (secondary N) is 1. The number of aryl methyl sites for hydroxylation is 1. The van der Waals surface area contributed by atoms with Crippen LogP contribution in [0.5, 0.6) is 0 Å². The van der Waals surface area contributed by atoms with E-state index in [4.69, 9.17) is 16.0 Å². The summed E-state index contributed by atoms with van der Waals surface area (Å²) in [5, 5.41) is 9.43. The normalized spacial score (nSPS) is 11.7. The third-order valence-corrected chi connectivity index (χ3v) is 2.50. The topological polar surface area (TPSA) is 51.0 Å². The van der Waals surface area contributed by atoms with Gasteiger partial charge in [-0.25, -0.2) is 4.39 Å². The minimum absolute atomic E-state index is 0.204. The van der Waals surface area contributed by atoms with Crippen molar-refractivity contribution in [2.75, 3.05) is 11.2 Å². The molecule has 4 nitrogen and oxygen atoms in total. The monoisotopic (exact) mass is 309 g/mol. The Hall–Kier alpha value is -1.83. The summed E-state index contributed by atoms with van der Waals surface area (Å²) in [4.78, 5) is 0. The molecule has 0 atom stereocenters. The van der Waals surface area contributed by atoms with Crippen molar-refractivity contribution in [2.45, 2.75) is 12.6 Å². The molecule has 0 saturated carbocycles. The largest absolute Gasteiger partial charge is 0.416 e. The van der Waals surface area contributed by atoms with Crippen molar-refractivity contribution in [3.05, 3.63) is 35.5 Å². The van der Waals surface area contributed by atoms with Crippen molar-refractivity contribution in [3.8, 4) is 0 Å². The van der Waals surface area contributed by atoms with Gasteiger partial charge >= 0.3 is 12.2 Å². The fraction of sp³-hybridized carbons (Fsp3) is 0.273. The van der Waals surface area contributed by atoms with Gasteiger partial charge in [0.05, 0.1) is 11.3 Å². The standard InChI is InChI=1S/C11H8ClF4N3O/c12-4-3-9-18-19-10(20-9)17-8-5-6(11(14,15)16)1-2-7(8)13/h1-2,5H,3-4H2,(H,17,19). The summed E-state index contributed by atoms with van der Waals surface area (Å²) in [7, 11) is 0. The summed E-state index contributed by atoms with van der Waals surface area (Å²) < 4.78 is 56.1. The molecule has 0 aliphatic heterocycles. The van der Waals surface area contributed by atoms with Gasteiger partial charge in [0.15, 0.2) is 0 Å². The second-order valence-electron chi connectivity index (χ2n) is 3.76. The molecule has 0 saturated heterocycles. The van der Waals surface area contributed by atoms with Gasteiger partial charge in [0.1, 0.15) is 5.82 Å². The molecule has 0 unspecified atom stereocenters. The third kappa shape index (κ3) is 3.38. The van der Waals surface area contributed by atoms with Crippen LogP contribution in [0.15, 0.2) is 22.6 Å². The molecule has 0 bridgehead atoms. The zero-order valence-electron chi connectivity index (χ0n) is 9.84. The Morgan fingerprint density at radius 1 is 1.25 bits per heavy atom. The smallest absolute Gasteiger partial charge is 0.408 e. The molecule has 0 aliphatic carbocycles. The molecule has 9 heteroatoms. The van der Waals surface area contributed by atoms with Crippen molar-refractivity contribution in [3.63, 3.8) is 0 Å². The Morgan fingerprint density at radius 2 is 2.00 bits per heavy atom. The second kappa shape index (κ2) is 5.66. The lowest BCUT2D eigenvalue weighted by molar-refractivity contribution is -0.137. The number of halogens is 5. The van der Waals surface area contributed by atoms with Crippen molar-refractivity contribution in [2.24, 2.45) is 0 Å². The first kappa shape index (κ1) is 14.6. The maximum atomic E-state index is 13.5. The van der Waals surface area contributed by atoms with Gasteiger partial charge in [-0.1, -0.05) is 5.10 Å². The quantitative estimate of drug-likeness (QED) is 0.690. The fourth-order valence-corrected chi connectivity index (χ4v) is 1.56. The van der Waals surface area contributed by atoms with Gasteiger partial charge in [-0.2, -0.15) is 13.2 Å². The van der Waals surface area contributed by atoms with Crippen LogP contribution in [0.1, 0.15) is 11.5 Å². The first-order valence-corrected chi connectivity index (χ1v) is 5.95. The molecule has 0 radical (unpaired) electrons. The zero-order valence-corrected chi connectivity index (χ0v) is 10.6. The Morgan fingerprint density at radius 3 is 2.65 bits per heavy atom. The van der Waals surface area contributed by atoms with Gasteiger partial charge in [-0.15, -0.1) is 16.7 Å². The molecule has 1 heterocycles. The van der Waals surface area contributed by atoms with Crippen molar-refractivity contribution in [1.29, 1.82) is 0 Å². The fourth-order valence-electron chi connectivity index (χ4n) is 1.40. The van der Waals surface area contributed by atoms with E-state index in [0.717, 1.165) is 0 Å². The molecule has 0 spiro atoms. The first-order valence-electron chi connectivity index (χ1n) is 5.42. The van der Waals surface area contributed by atoms with Gasteiger partial charge in [-0.3, -0.25) is 0 Å². The molecule has 2 rings (SSSR count). The Balaban J connectivity index is 2.23. The van der Waals surface area contributed by atoms with Crippen molar-refractivity contribution >= 4 is 23.3 Å². The summed E-state index contributed by atoms with van der Waals surface area (Å²) in [6.45, 7) is 0. The molecular formula is C11H8ClF4N3O. The number of alkyl halides is 4. The number of hydrogen-bond donors (Lipinski definition) is 1. The van der Waals surface area contributed by atoms with Gasteiger partial charge < -0.3 is 9.73 Å². The van der Waals surface area contributed by atoms with Gasteiger partial charge in [0, 0.05) is 12.3 Å². The van der Waals surface area contributed by atoms with E-state index in [9.17, 15) is 17.6 Å². The number of rotatable bonds is 4. The van der Waals surface area contributed by atoms with E-state index in [1.165, 1.54) is 0 Å². The lowest BCUT2D eigenvalue weighted by Crippen LogP contribution is -2.06. The summed E-state index contributed by atoms with van der Waals surface area (Å²) >= 11 is 5.47. The molecule has 20 heavy (non-hydrogen) atoms. The SMILES string of the molecule is Fc1ccc(C(F)(F)F)cc1Nc1nnc(CCCl)o1. The number of aromatic nitrogens is 2. The molecule has 1 N–H and O–H groups in total. The van der Waals surface area contributed by atoms with E-state index >= 15 is 0 Å². The predicted octanol–water partition coefficient (Wildman–Crippen LogP) is 3.75. The minimum atomic E-state index is -4.57. The molecular weight excluding hydrogens is 302 g/mol. The summed E-state index contributed by atoms with van der Waals surface area (Å²) in [6, 6.07) is 1.78. The average molecular weight is 310 g/mol. The van der Waals surface area contributed by atoms with E-state index in [-0.39, 0.29) is 17.8 Å². The first-order chi connectivity index (χ1) is 9.40. The molecule has 0 fully saturated rings. The highest BCUT2D eigenvalue weighted by molar-refractivity contribution is 6.17. The Labute approximate surface area is 115 Å². The Bertz CT molecular complexity index is 600. The minimum Gasteiger partial charge on any atom is -0.408 e. The van der Waals surface area contributed by atoms with Gasteiger partial charge in [-0.05, 0) is 18.2 Å². The highest BCUT2D eigenvalue weighted by Crippen LogP contribution is 2.32. The van der Waals surface area contributed by atoms with Crippen molar-refractivity contribution in [1.82, 2.24) is 10.2 Å². The molecule has 0 amide bonds. The van der Waals surface area contributed by atoms with Crippen LogP contribution in [-0.2, 0) is 12.6 Å². The van der Waals surface area contributed by atoms with E-state index in [1.54, 1.807) is 0 Å². The van der Waals surface area contributed by atoms with E-state index in [0.29, 0.717) is 24.6 Å². The number of hydrogen-bond acceptors (Lipinski definition) is 4. The average Bonchev–Trinajstić information content (AvgIpc) is 2.78. The lowest BCUT2D eigenvalue weighted by Gasteiger charge is -2.09. The predicted molar refractivity (Wildman–Crippen MR) is 63.4 cm³/mol. The van der Waals surface area contributed by atoms with Crippen LogP contribution in [0.2, 0.25) is 0 Å². The van der Waals surface area contributed by atoms with Crippen LogP contribution in [0.3, 0.4) is 0 Å². The summed E-state index contributed by atoms with van der Waals surface area (Å²) in [5.74, 6) is -0.413. The van der Waals surface area contributed by atoms with Crippen LogP contribution in [0, 0.1) is 5.82 Å². The number of nitrogens with zero attached hydrogens (tertiary/aromatic N) is 2. The van der Waals surface area contributed by atoms with Crippen LogP contribution in [-0.4, -0.2) is 16.1 Å². The maximum absolute atomic E-state index is 13.5. The highest BCUT2D eigenvalue weighted by Gasteiger charge is 2.31. The van der Waals surface area contributed by atoms with E-state index in [2.05, 4.69) is 15.5 Å². The van der Waals surface area contributed by atoms with Gasteiger partial charge in [0.2, 0.25) is 5.89 Å². The third-order valence-electron chi connectivity index (χ3n) is 2.31. The van der Waals surface area contributed by atoms with Crippen molar-refractivity contribution < 1.29 is 22.0 Å². The molecule has 2 aromatic rings. The number of benzene rings is 1. The van der Waals surface area contributed by atoms with E-state index in [1.807, 2.05) is 0 Å². The number of anilines is 2. The van der Waals surface area contributed by atoms with Crippen LogP contribution in [0.25, 0.3) is 0 Å². The molecule has 0 aliphatic rings.